The van der Waals surface area contributed by atoms with Gasteiger partial charge in [-0.3, -0.25) is 14.6 Å². The van der Waals surface area contributed by atoms with E-state index in [0.717, 1.165) is 60.2 Å². The first-order valence-corrected chi connectivity index (χ1v) is 13.4. The molecule has 1 saturated heterocycles. The minimum atomic E-state index is 0.108. The maximum atomic E-state index is 13.5. The Balaban J connectivity index is 1.48. The molecule has 0 radical (unpaired) electrons. The fourth-order valence-corrected chi connectivity index (χ4v) is 5.91. The quantitative estimate of drug-likeness (QED) is 0.381. The van der Waals surface area contributed by atoms with Crippen molar-refractivity contribution >= 4 is 44.4 Å². The molecule has 0 bridgehead atoms. The number of morpholine rings is 1. The van der Waals surface area contributed by atoms with Gasteiger partial charge < -0.3 is 4.74 Å². The number of amides is 1. The highest BCUT2D eigenvalue weighted by Gasteiger charge is 2.21. The van der Waals surface area contributed by atoms with Crippen LogP contribution in [0.1, 0.15) is 31.4 Å². The highest BCUT2D eigenvalue weighted by atomic mass is 32.2. The Labute approximate surface area is 205 Å². The first-order valence-electron chi connectivity index (χ1n) is 11.7. The molecule has 1 aliphatic heterocycles. The third-order valence-electron chi connectivity index (χ3n) is 5.67. The molecule has 2 heterocycles. The lowest BCUT2D eigenvalue weighted by Gasteiger charge is -2.27. The second-order valence-corrected chi connectivity index (χ2v) is 11.5. The van der Waals surface area contributed by atoms with Crippen LogP contribution in [0.25, 0.3) is 10.2 Å². The highest BCUT2D eigenvalue weighted by molar-refractivity contribution is 7.99. The van der Waals surface area contributed by atoms with E-state index in [1.165, 1.54) is 10.5 Å². The van der Waals surface area contributed by atoms with E-state index in [0.29, 0.717) is 18.2 Å². The predicted octanol–water partition coefficient (Wildman–Crippen LogP) is 5.40. The average molecular weight is 484 g/mol. The number of rotatable bonds is 9. The Bertz CT molecular complexity index is 1060. The molecule has 33 heavy (non-hydrogen) atoms. The number of fused-ring (bicyclic) bond motifs is 1. The van der Waals surface area contributed by atoms with Crippen LogP contribution in [-0.2, 0) is 16.0 Å². The fourth-order valence-electron chi connectivity index (χ4n) is 3.97. The van der Waals surface area contributed by atoms with Gasteiger partial charge in [-0.05, 0) is 48.7 Å². The number of hydrogen-bond donors (Lipinski definition) is 0. The van der Waals surface area contributed by atoms with Crippen LogP contribution < -0.4 is 4.90 Å². The zero-order valence-corrected chi connectivity index (χ0v) is 21.4. The fraction of sp³-hybridized carbons (Fsp3) is 0.462. The van der Waals surface area contributed by atoms with E-state index in [1.54, 1.807) is 11.3 Å². The maximum Gasteiger partial charge on any atom is 0.233 e. The van der Waals surface area contributed by atoms with Crippen LogP contribution in [0.15, 0.2) is 47.4 Å². The molecule has 1 aromatic heterocycles. The average Bonchev–Trinajstić information content (AvgIpc) is 3.21. The van der Waals surface area contributed by atoms with Crippen molar-refractivity contribution in [2.45, 2.75) is 43.8 Å². The SMILES string of the molecule is Cc1ccc2nc(N(CCCN3CCOCC3)C(=O)Cc3ccc(SC(C)C)cc3)sc2c1. The van der Waals surface area contributed by atoms with Gasteiger partial charge in [-0.25, -0.2) is 4.98 Å². The van der Waals surface area contributed by atoms with Gasteiger partial charge in [-0.15, -0.1) is 11.8 Å². The molecular formula is C26H33N3O2S2. The van der Waals surface area contributed by atoms with Gasteiger partial charge in [-0.2, -0.15) is 0 Å². The van der Waals surface area contributed by atoms with Crippen molar-refractivity contribution in [3.8, 4) is 0 Å². The summed E-state index contributed by atoms with van der Waals surface area (Å²) in [7, 11) is 0. The number of nitrogens with zero attached hydrogens (tertiary/aromatic N) is 3. The monoisotopic (exact) mass is 483 g/mol. The first kappa shape index (κ1) is 24.2. The molecule has 0 atom stereocenters. The number of anilines is 1. The van der Waals surface area contributed by atoms with E-state index < -0.39 is 0 Å². The molecule has 0 unspecified atom stereocenters. The predicted molar refractivity (Wildman–Crippen MR) is 140 cm³/mol. The number of benzene rings is 2. The van der Waals surface area contributed by atoms with E-state index >= 15 is 0 Å². The Hall–Kier alpha value is -1.93. The van der Waals surface area contributed by atoms with Crippen LogP contribution in [0.3, 0.4) is 0 Å². The van der Waals surface area contributed by atoms with Crippen LogP contribution in [0.5, 0.6) is 0 Å². The number of ether oxygens (including phenoxy) is 1. The third-order valence-corrected chi connectivity index (χ3v) is 7.73. The summed E-state index contributed by atoms with van der Waals surface area (Å²) < 4.78 is 6.59. The second-order valence-electron chi connectivity index (χ2n) is 8.81. The molecule has 5 nitrogen and oxygen atoms in total. The van der Waals surface area contributed by atoms with Gasteiger partial charge in [0.2, 0.25) is 5.91 Å². The van der Waals surface area contributed by atoms with E-state index in [4.69, 9.17) is 9.72 Å². The minimum Gasteiger partial charge on any atom is -0.379 e. The van der Waals surface area contributed by atoms with Crippen LogP contribution in [-0.4, -0.2) is 60.4 Å². The van der Waals surface area contributed by atoms with Gasteiger partial charge >= 0.3 is 0 Å². The number of aryl methyl sites for hydroxylation is 1. The molecule has 0 saturated carbocycles. The van der Waals surface area contributed by atoms with Crippen molar-refractivity contribution in [2.75, 3.05) is 44.3 Å². The molecule has 0 spiro atoms. The van der Waals surface area contributed by atoms with Crippen LogP contribution >= 0.6 is 23.1 Å². The van der Waals surface area contributed by atoms with Gasteiger partial charge in [0.25, 0.3) is 0 Å². The van der Waals surface area contributed by atoms with Gasteiger partial charge in [0, 0.05) is 36.3 Å². The third kappa shape index (κ3) is 6.79. The van der Waals surface area contributed by atoms with Gasteiger partial charge in [-0.1, -0.05) is 43.4 Å². The van der Waals surface area contributed by atoms with E-state index in [-0.39, 0.29) is 5.91 Å². The zero-order chi connectivity index (χ0) is 23.2. The molecule has 3 aromatic rings. The summed E-state index contributed by atoms with van der Waals surface area (Å²) in [6.45, 7) is 11.6. The Morgan fingerprint density at radius 3 is 2.67 bits per heavy atom. The normalized spacial score (nSPS) is 14.8. The van der Waals surface area contributed by atoms with Crippen molar-refractivity contribution in [3.05, 3.63) is 53.6 Å². The zero-order valence-electron chi connectivity index (χ0n) is 19.8. The molecule has 1 aliphatic rings. The van der Waals surface area contributed by atoms with Gasteiger partial charge in [0.05, 0.1) is 29.9 Å². The first-order chi connectivity index (χ1) is 16.0. The largest absolute Gasteiger partial charge is 0.379 e. The summed E-state index contributed by atoms with van der Waals surface area (Å²) in [4.78, 5) is 23.8. The van der Waals surface area contributed by atoms with E-state index in [1.807, 2.05) is 22.7 Å². The summed E-state index contributed by atoms with van der Waals surface area (Å²) in [5.74, 6) is 0.108. The number of carbonyl (C=O) groups is 1. The van der Waals surface area contributed by atoms with Crippen LogP contribution in [0.2, 0.25) is 0 Å². The number of hydrogen-bond acceptors (Lipinski definition) is 6. The molecule has 1 amide bonds. The molecule has 4 rings (SSSR count). The molecule has 7 heteroatoms. The van der Waals surface area contributed by atoms with Gasteiger partial charge in [0.15, 0.2) is 5.13 Å². The van der Waals surface area contributed by atoms with Crippen LogP contribution in [0, 0.1) is 6.92 Å². The second kappa shape index (κ2) is 11.5. The molecule has 176 valence electrons. The number of aromatic nitrogens is 1. The van der Waals surface area contributed by atoms with Crippen molar-refractivity contribution in [1.82, 2.24) is 9.88 Å². The highest BCUT2D eigenvalue weighted by Crippen LogP contribution is 2.30. The van der Waals surface area contributed by atoms with Crippen LogP contribution in [0.4, 0.5) is 5.13 Å². The lowest BCUT2D eigenvalue weighted by Crippen LogP contribution is -2.39. The smallest absolute Gasteiger partial charge is 0.233 e. The Kier molecular flexibility index (Phi) is 8.41. The Morgan fingerprint density at radius 1 is 1.18 bits per heavy atom. The van der Waals surface area contributed by atoms with Crippen molar-refractivity contribution in [2.24, 2.45) is 0 Å². The van der Waals surface area contributed by atoms with Crippen molar-refractivity contribution in [1.29, 1.82) is 0 Å². The Morgan fingerprint density at radius 2 is 1.94 bits per heavy atom. The van der Waals surface area contributed by atoms with E-state index in [9.17, 15) is 4.79 Å². The van der Waals surface area contributed by atoms with Crippen molar-refractivity contribution in [3.63, 3.8) is 0 Å². The summed E-state index contributed by atoms with van der Waals surface area (Å²) >= 11 is 3.45. The van der Waals surface area contributed by atoms with E-state index in [2.05, 4.69) is 62.1 Å². The van der Waals surface area contributed by atoms with Crippen molar-refractivity contribution < 1.29 is 9.53 Å². The molecule has 2 aromatic carbocycles. The standard InChI is InChI=1S/C26H33N3O2S2/c1-19(2)32-22-8-6-21(7-9-22)18-25(30)29(12-4-11-28-13-15-31-16-14-28)26-27-23-10-5-20(3)17-24(23)33-26/h5-10,17,19H,4,11-16,18H2,1-3H3. The minimum absolute atomic E-state index is 0.108. The lowest BCUT2D eigenvalue weighted by molar-refractivity contribution is -0.118. The topological polar surface area (TPSA) is 45.7 Å². The molecule has 1 fully saturated rings. The maximum absolute atomic E-state index is 13.5. The number of carbonyl (C=O) groups excluding carboxylic acids is 1. The summed E-state index contributed by atoms with van der Waals surface area (Å²) in [5.41, 5.74) is 3.21. The number of thiazole rings is 1. The summed E-state index contributed by atoms with van der Waals surface area (Å²) in [6.07, 6.45) is 1.31. The summed E-state index contributed by atoms with van der Waals surface area (Å²) in [5, 5.41) is 1.34. The number of thioether (sulfide) groups is 1. The molecular weight excluding hydrogens is 450 g/mol. The summed E-state index contributed by atoms with van der Waals surface area (Å²) in [6, 6.07) is 14.7. The molecule has 0 aliphatic carbocycles. The van der Waals surface area contributed by atoms with Gasteiger partial charge in [0.1, 0.15) is 0 Å². The lowest BCUT2D eigenvalue weighted by atomic mass is 10.1. The molecule has 0 N–H and O–H groups in total.